The molecule has 0 aromatic carbocycles. The Balaban J connectivity index is 2.54. The molecule has 1 heterocycles. The molecule has 1 saturated heterocycles. The lowest BCUT2D eigenvalue weighted by Crippen LogP contribution is -2.48. The van der Waals surface area contributed by atoms with E-state index in [1.807, 2.05) is 11.8 Å². The molecule has 0 spiro atoms. The molecule has 154 valence electrons. The van der Waals surface area contributed by atoms with Crippen LogP contribution in [0.1, 0.15) is 118 Å². The number of hydrogen-bond donors (Lipinski definition) is 2. The van der Waals surface area contributed by atoms with Gasteiger partial charge in [0.2, 0.25) is 0 Å². The molecule has 4 heteroatoms. The van der Waals surface area contributed by atoms with Gasteiger partial charge >= 0.3 is 5.97 Å². The van der Waals surface area contributed by atoms with Crippen molar-refractivity contribution in [2.45, 2.75) is 133 Å². The summed E-state index contributed by atoms with van der Waals surface area (Å²) >= 11 is 1.90. The predicted octanol–water partition coefficient (Wildman–Crippen LogP) is 6.75. The van der Waals surface area contributed by atoms with E-state index in [0.29, 0.717) is 0 Å². The summed E-state index contributed by atoms with van der Waals surface area (Å²) < 4.78 is -0.240. The van der Waals surface area contributed by atoms with Crippen LogP contribution in [0, 0.1) is 0 Å². The molecule has 0 bridgehead atoms. The second kappa shape index (κ2) is 12.3. The van der Waals surface area contributed by atoms with Gasteiger partial charge in [-0.25, -0.2) is 0 Å². The lowest BCUT2D eigenvalue weighted by Gasteiger charge is -2.30. The Bertz CT molecular complexity index is 382. The minimum atomic E-state index is -0.699. The number of carbonyl (C=O) groups is 1. The van der Waals surface area contributed by atoms with Gasteiger partial charge in [0.05, 0.1) is 4.87 Å². The highest BCUT2D eigenvalue weighted by molar-refractivity contribution is 8.02. The predicted molar refractivity (Wildman–Crippen MR) is 115 cm³/mol. The van der Waals surface area contributed by atoms with Crippen molar-refractivity contribution < 1.29 is 9.90 Å². The smallest absolute Gasteiger partial charge is 0.322 e. The first-order chi connectivity index (χ1) is 12.4. The summed E-state index contributed by atoms with van der Waals surface area (Å²) in [6, 6.07) is -0.437. The number of unbranched alkanes of at least 4 members (excludes halogenated alkanes) is 10. The number of hydrogen-bond acceptors (Lipinski definition) is 3. The normalized spacial score (nSPS) is 21.2. The molecule has 26 heavy (non-hydrogen) atoms. The average molecular weight is 386 g/mol. The fourth-order valence-electron chi connectivity index (χ4n) is 4.14. The van der Waals surface area contributed by atoms with Gasteiger partial charge in [0.25, 0.3) is 0 Å². The van der Waals surface area contributed by atoms with E-state index in [1.54, 1.807) is 0 Å². The minimum absolute atomic E-state index is 0.0396. The van der Waals surface area contributed by atoms with E-state index < -0.39 is 12.0 Å². The Kier molecular flexibility index (Phi) is 11.2. The lowest BCUT2D eigenvalue weighted by atomic mass is 9.97. The standard InChI is InChI=1S/C22H43NO2S/c1-5-7-9-11-13-15-17-22(18-16-14-12-10-8-6-2)23-19(20(24)25)21(3,4)26-22/h19,23H,5-18H2,1-4H3,(H,24,25). The zero-order chi connectivity index (χ0) is 19.5. The molecule has 3 nitrogen and oxygen atoms in total. The highest BCUT2D eigenvalue weighted by Gasteiger charge is 2.52. The second-order valence-electron chi connectivity index (χ2n) is 8.65. The molecule has 0 amide bonds. The Morgan fingerprint density at radius 1 is 0.846 bits per heavy atom. The first-order valence-electron chi connectivity index (χ1n) is 11.1. The third kappa shape index (κ3) is 8.21. The molecule has 0 saturated carbocycles. The van der Waals surface area contributed by atoms with E-state index in [-0.39, 0.29) is 9.62 Å². The zero-order valence-electron chi connectivity index (χ0n) is 17.7. The van der Waals surface area contributed by atoms with Gasteiger partial charge in [0.15, 0.2) is 0 Å². The molecule has 1 aliphatic rings. The molecule has 1 aliphatic heterocycles. The Labute approximate surface area is 166 Å². The lowest BCUT2D eigenvalue weighted by molar-refractivity contribution is -0.140. The van der Waals surface area contributed by atoms with Crippen molar-refractivity contribution in [3.8, 4) is 0 Å². The fraction of sp³-hybridized carbons (Fsp3) is 0.955. The average Bonchev–Trinajstić information content (AvgIpc) is 2.85. The van der Waals surface area contributed by atoms with Crippen LogP contribution in [-0.4, -0.2) is 26.7 Å². The second-order valence-corrected chi connectivity index (χ2v) is 10.7. The van der Waals surface area contributed by atoms with Crippen molar-refractivity contribution in [3.63, 3.8) is 0 Å². The highest BCUT2D eigenvalue weighted by atomic mass is 32.2. The molecule has 0 aromatic rings. The van der Waals surface area contributed by atoms with Gasteiger partial charge in [-0.15, -0.1) is 11.8 Å². The fourth-order valence-corrected chi connectivity index (χ4v) is 6.10. The number of carboxylic acid groups (broad SMARTS) is 1. The zero-order valence-corrected chi connectivity index (χ0v) is 18.6. The summed E-state index contributed by atoms with van der Waals surface area (Å²) in [5, 5.41) is 13.2. The van der Waals surface area contributed by atoms with Crippen molar-refractivity contribution >= 4 is 17.7 Å². The van der Waals surface area contributed by atoms with Crippen molar-refractivity contribution in [1.82, 2.24) is 5.32 Å². The molecule has 0 aromatic heterocycles. The van der Waals surface area contributed by atoms with Crippen LogP contribution in [0.2, 0.25) is 0 Å². The number of nitrogens with one attached hydrogen (secondary N) is 1. The third-order valence-corrected chi connectivity index (χ3v) is 7.35. The molecule has 0 aliphatic carbocycles. The molecule has 1 atom stereocenters. The number of carboxylic acids is 1. The van der Waals surface area contributed by atoms with E-state index >= 15 is 0 Å². The number of aliphatic carboxylic acids is 1. The van der Waals surface area contributed by atoms with Crippen LogP contribution in [0.25, 0.3) is 0 Å². The SMILES string of the molecule is CCCCCCCCC1(CCCCCCCC)NC(C(=O)O)C(C)(C)S1. The van der Waals surface area contributed by atoms with Crippen LogP contribution in [0.4, 0.5) is 0 Å². The van der Waals surface area contributed by atoms with Crippen molar-refractivity contribution in [3.05, 3.63) is 0 Å². The summed E-state index contributed by atoms with van der Waals surface area (Å²) in [6.07, 6.45) is 17.7. The van der Waals surface area contributed by atoms with E-state index in [0.717, 1.165) is 12.8 Å². The molecular weight excluding hydrogens is 342 g/mol. The van der Waals surface area contributed by atoms with E-state index in [2.05, 4.69) is 33.0 Å². The van der Waals surface area contributed by atoms with Gasteiger partial charge in [0, 0.05) is 4.75 Å². The largest absolute Gasteiger partial charge is 0.480 e. The van der Waals surface area contributed by atoms with Crippen LogP contribution in [0.3, 0.4) is 0 Å². The van der Waals surface area contributed by atoms with Crippen LogP contribution in [-0.2, 0) is 4.79 Å². The van der Waals surface area contributed by atoms with E-state index in [4.69, 9.17) is 0 Å². The Morgan fingerprint density at radius 3 is 1.65 bits per heavy atom. The Morgan fingerprint density at radius 2 is 1.27 bits per heavy atom. The third-order valence-electron chi connectivity index (χ3n) is 5.68. The quantitative estimate of drug-likeness (QED) is 0.306. The van der Waals surface area contributed by atoms with Gasteiger partial charge < -0.3 is 5.11 Å². The monoisotopic (exact) mass is 385 g/mol. The van der Waals surface area contributed by atoms with E-state index in [9.17, 15) is 9.90 Å². The van der Waals surface area contributed by atoms with Gasteiger partial charge in [-0.1, -0.05) is 90.9 Å². The van der Waals surface area contributed by atoms with Gasteiger partial charge in [-0.05, 0) is 26.7 Å². The summed E-state index contributed by atoms with van der Waals surface area (Å²) in [5.74, 6) is -0.699. The number of rotatable bonds is 15. The maximum Gasteiger partial charge on any atom is 0.322 e. The van der Waals surface area contributed by atoms with E-state index in [1.165, 1.54) is 77.0 Å². The van der Waals surface area contributed by atoms with Crippen LogP contribution in [0.5, 0.6) is 0 Å². The molecule has 1 rings (SSSR count). The van der Waals surface area contributed by atoms with Crippen molar-refractivity contribution in [2.75, 3.05) is 0 Å². The molecule has 2 N–H and O–H groups in total. The van der Waals surface area contributed by atoms with Crippen molar-refractivity contribution in [1.29, 1.82) is 0 Å². The summed E-state index contributed by atoms with van der Waals surface area (Å²) in [7, 11) is 0. The van der Waals surface area contributed by atoms with Crippen molar-refractivity contribution in [2.24, 2.45) is 0 Å². The molecule has 1 unspecified atom stereocenters. The van der Waals surface area contributed by atoms with Crippen LogP contribution in [0.15, 0.2) is 0 Å². The molecule has 1 fully saturated rings. The maximum atomic E-state index is 11.7. The summed E-state index contributed by atoms with van der Waals surface area (Å²) in [6.45, 7) is 8.69. The van der Waals surface area contributed by atoms with Gasteiger partial charge in [0.1, 0.15) is 6.04 Å². The molecular formula is C22H43NO2S. The first-order valence-corrected chi connectivity index (χ1v) is 11.9. The Hall–Kier alpha value is -0.220. The molecule has 0 radical (unpaired) electrons. The van der Waals surface area contributed by atoms with Crippen LogP contribution < -0.4 is 5.32 Å². The topological polar surface area (TPSA) is 49.3 Å². The van der Waals surface area contributed by atoms with Crippen LogP contribution >= 0.6 is 11.8 Å². The van der Waals surface area contributed by atoms with Gasteiger partial charge in [-0.2, -0.15) is 0 Å². The highest BCUT2D eigenvalue weighted by Crippen LogP contribution is 2.49. The summed E-state index contributed by atoms with van der Waals surface area (Å²) in [5.41, 5.74) is 0. The van der Waals surface area contributed by atoms with Gasteiger partial charge in [-0.3, -0.25) is 10.1 Å². The summed E-state index contributed by atoms with van der Waals surface area (Å²) in [4.78, 5) is 11.7. The minimum Gasteiger partial charge on any atom is -0.480 e. The number of thioether (sulfide) groups is 1. The first kappa shape index (κ1) is 23.8. The maximum absolute atomic E-state index is 11.7.